The second kappa shape index (κ2) is 5.89. The monoisotopic (exact) mass is 250 g/mol. The molecule has 2 amide bonds. The highest BCUT2D eigenvalue weighted by Crippen LogP contribution is 2.17. The van der Waals surface area contributed by atoms with Gasteiger partial charge in [-0.3, -0.25) is 4.68 Å². The summed E-state index contributed by atoms with van der Waals surface area (Å²) in [6.45, 7) is 1.97. The van der Waals surface area contributed by atoms with Crippen molar-refractivity contribution in [2.75, 3.05) is 0 Å². The van der Waals surface area contributed by atoms with Crippen molar-refractivity contribution >= 4 is 6.03 Å². The van der Waals surface area contributed by atoms with Crippen molar-refractivity contribution in [1.82, 2.24) is 20.4 Å². The third kappa shape index (κ3) is 3.48. The van der Waals surface area contributed by atoms with Crippen LogP contribution in [0.3, 0.4) is 0 Å². The Morgan fingerprint density at radius 2 is 2.17 bits per heavy atom. The SMILES string of the molecule is C[C@H](NC(=O)NC1CCCCC1)c1cnn(C)c1. The summed E-state index contributed by atoms with van der Waals surface area (Å²) in [5.41, 5.74) is 1.02. The fraction of sp³-hybridized carbons (Fsp3) is 0.692. The van der Waals surface area contributed by atoms with Crippen LogP contribution in [0, 0.1) is 0 Å². The number of urea groups is 1. The summed E-state index contributed by atoms with van der Waals surface area (Å²) < 4.78 is 1.74. The predicted molar refractivity (Wildman–Crippen MR) is 70.2 cm³/mol. The largest absolute Gasteiger partial charge is 0.335 e. The van der Waals surface area contributed by atoms with Crippen LogP contribution in [0.4, 0.5) is 4.79 Å². The average Bonchev–Trinajstić information content (AvgIpc) is 2.77. The molecule has 1 aromatic heterocycles. The maximum Gasteiger partial charge on any atom is 0.315 e. The fourth-order valence-corrected chi connectivity index (χ4v) is 2.42. The maximum absolute atomic E-state index is 11.9. The first-order valence-electron chi connectivity index (χ1n) is 6.70. The highest BCUT2D eigenvalue weighted by atomic mass is 16.2. The molecule has 18 heavy (non-hydrogen) atoms. The van der Waals surface area contributed by atoms with Crippen molar-refractivity contribution in [3.05, 3.63) is 18.0 Å². The van der Waals surface area contributed by atoms with Crippen LogP contribution < -0.4 is 10.6 Å². The van der Waals surface area contributed by atoms with Gasteiger partial charge in [-0.05, 0) is 19.8 Å². The van der Waals surface area contributed by atoms with Gasteiger partial charge in [-0.2, -0.15) is 5.10 Å². The summed E-state index contributed by atoms with van der Waals surface area (Å²) in [6.07, 6.45) is 9.67. The molecule has 1 fully saturated rings. The zero-order valence-electron chi connectivity index (χ0n) is 11.1. The summed E-state index contributed by atoms with van der Waals surface area (Å²) >= 11 is 0. The van der Waals surface area contributed by atoms with Gasteiger partial charge in [-0.15, -0.1) is 0 Å². The van der Waals surface area contributed by atoms with Crippen molar-refractivity contribution < 1.29 is 4.79 Å². The van der Waals surface area contributed by atoms with Gasteiger partial charge < -0.3 is 10.6 Å². The van der Waals surface area contributed by atoms with Gasteiger partial charge in [-0.1, -0.05) is 19.3 Å². The lowest BCUT2D eigenvalue weighted by atomic mass is 9.96. The Balaban J connectivity index is 1.79. The van der Waals surface area contributed by atoms with Gasteiger partial charge >= 0.3 is 6.03 Å². The van der Waals surface area contributed by atoms with E-state index < -0.39 is 0 Å². The molecule has 1 atom stereocenters. The first kappa shape index (κ1) is 12.9. The van der Waals surface area contributed by atoms with Crippen molar-refractivity contribution in [3.8, 4) is 0 Å². The van der Waals surface area contributed by atoms with E-state index in [4.69, 9.17) is 0 Å². The van der Waals surface area contributed by atoms with E-state index >= 15 is 0 Å². The van der Waals surface area contributed by atoms with Crippen LogP contribution >= 0.6 is 0 Å². The first-order valence-corrected chi connectivity index (χ1v) is 6.70. The van der Waals surface area contributed by atoms with Crippen LogP contribution in [0.1, 0.15) is 50.6 Å². The zero-order valence-corrected chi connectivity index (χ0v) is 11.1. The van der Waals surface area contributed by atoms with Crippen LogP contribution in [0.15, 0.2) is 12.4 Å². The number of hydrogen-bond acceptors (Lipinski definition) is 2. The Morgan fingerprint density at radius 3 is 2.78 bits per heavy atom. The molecule has 0 aromatic carbocycles. The molecule has 0 unspecified atom stereocenters. The molecule has 0 spiro atoms. The number of amides is 2. The topological polar surface area (TPSA) is 59.0 Å². The van der Waals surface area contributed by atoms with Gasteiger partial charge in [0.1, 0.15) is 0 Å². The molecule has 5 heteroatoms. The Labute approximate surface area is 108 Å². The van der Waals surface area contributed by atoms with Crippen molar-refractivity contribution in [2.24, 2.45) is 7.05 Å². The van der Waals surface area contributed by atoms with Crippen molar-refractivity contribution in [3.63, 3.8) is 0 Å². The van der Waals surface area contributed by atoms with Crippen LogP contribution in [-0.4, -0.2) is 21.9 Å². The zero-order chi connectivity index (χ0) is 13.0. The van der Waals surface area contributed by atoms with Crippen LogP contribution in [0.5, 0.6) is 0 Å². The first-order chi connectivity index (χ1) is 8.65. The van der Waals surface area contributed by atoms with E-state index in [-0.39, 0.29) is 12.1 Å². The standard InChI is InChI=1S/C13H22N4O/c1-10(11-8-14-17(2)9-11)15-13(18)16-12-6-4-3-5-7-12/h8-10,12H,3-7H2,1-2H3,(H2,15,16,18)/t10-/m0/s1. The van der Waals surface area contributed by atoms with Crippen LogP contribution in [0.2, 0.25) is 0 Å². The van der Waals surface area contributed by atoms with E-state index in [9.17, 15) is 4.79 Å². The summed E-state index contributed by atoms with van der Waals surface area (Å²) in [7, 11) is 1.87. The molecular formula is C13H22N4O. The summed E-state index contributed by atoms with van der Waals surface area (Å²) in [4.78, 5) is 11.9. The molecular weight excluding hydrogens is 228 g/mol. The van der Waals surface area contributed by atoms with Crippen molar-refractivity contribution in [2.45, 2.75) is 51.1 Å². The van der Waals surface area contributed by atoms with Gasteiger partial charge in [0, 0.05) is 24.8 Å². The van der Waals surface area contributed by atoms with Crippen molar-refractivity contribution in [1.29, 1.82) is 0 Å². The Hall–Kier alpha value is -1.52. The smallest absolute Gasteiger partial charge is 0.315 e. The number of aromatic nitrogens is 2. The second-order valence-corrected chi connectivity index (χ2v) is 5.12. The van der Waals surface area contributed by atoms with Gasteiger partial charge in [0.05, 0.1) is 12.2 Å². The maximum atomic E-state index is 11.9. The van der Waals surface area contributed by atoms with E-state index in [0.717, 1.165) is 18.4 Å². The molecule has 1 aromatic rings. The Morgan fingerprint density at radius 1 is 1.44 bits per heavy atom. The van der Waals surface area contributed by atoms with E-state index in [2.05, 4.69) is 15.7 Å². The van der Waals surface area contributed by atoms with Gasteiger partial charge in [0.15, 0.2) is 0 Å². The minimum atomic E-state index is -0.0711. The van der Waals surface area contributed by atoms with Crippen LogP contribution in [0.25, 0.3) is 0 Å². The number of nitrogens with zero attached hydrogens (tertiary/aromatic N) is 2. The molecule has 100 valence electrons. The second-order valence-electron chi connectivity index (χ2n) is 5.12. The van der Waals surface area contributed by atoms with Gasteiger partial charge in [0.25, 0.3) is 0 Å². The van der Waals surface area contributed by atoms with E-state index in [1.165, 1.54) is 19.3 Å². The van der Waals surface area contributed by atoms with E-state index in [0.29, 0.717) is 6.04 Å². The summed E-state index contributed by atoms with van der Waals surface area (Å²) in [5, 5.41) is 10.1. The number of hydrogen-bond donors (Lipinski definition) is 2. The number of carbonyl (C=O) groups is 1. The molecule has 0 aliphatic heterocycles. The third-order valence-corrected chi connectivity index (χ3v) is 3.51. The minimum Gasteiger partial charge on any atom is -0.335 e. The third-order valence-electron chi connectivity index (χ3n) is 3.51. The number of rotatable bonds is 3. The lowest BCUT2D eigenvalue weighted by molar-refractivity contribution is 0.229. The molecule has 0 radical (unpaired) electrons. The fourth-order valence-electron chi connectivity index (χ4n) is 2.42. The number of nitrogens with one attached hydrogen (secondary N) is 2. The van der Waals surface area contributed by atoms with Gasteiger partial charge in [0.2, 0.25) is 0 Å². The van der Waals surface area contributed by atoms with E-state index in [1.54, 1.807) is 10.9 Å². The molecule has 5 nitrogen and oxygen atoms in total. The summed E-state index contributed by atoms with van der Waals surface area (Å²) in [6, 6.07) is 0.264. The van der Waals surface area contributed by atoms with Crippen LogP contribution in [-0.2, 0) is 7.05 Å². The highest BCUT2D eigenvalue weighted by Gasteiger charge is 2.17. The highest BCUT2D eigenvalue weighted by molar-refractivity contribution is 5.74. The molecule has 1 aliphatic rings. The van der Waals surface area contributed by atoms with E-state index in [1.807, 2.05) is 20.2 Å². The molecule has 2 rings (SSSR count). The normalized spacial score (nSPS) is 18.3. The Bertz CT molecular complexity index is 395. The molecule has 0 bridgehead atoms. The summed E-state index contributed by atoms with van der Waals surface area (Å²) in [5.74, 6) is 0. The molecule has 2 N–H and O–H groups in total. The minimum absolute atomic E-state index is 0.0118. The number of aryl methyl sites for hydroxylation is 1. The molecule has 1 saturated carbocycles. The lowest BCUT2D eigenvalue weighted by Crippen LogP contribution is -2.43. The quantitative estimate of drug-likeness (QED) is 0.863. The molecule has 1 aliphatic carbocycles. The average molecular weight is 250 g/mol. The number of carbonyl (C=O) groups excluding carboxylic acids is 1. The Kier molecular flexibility index (Phi) is 4.23. The molecule has 0 saturated heterocycles. The predicted octanol–water partition coefficient (Wildman–Crippen LogP) is 2.11. The molecule has 1 heterocycles. The van der Waals surface area contributed by atoms with Gasteiger partial charge in [-0.25, -0.2) is 4.79 Å². The lowest BCUT2D eigenvalue weighted by Gasteiger charge is -2.24.